The first-order valence-corrected chi connectivity index (χ1v) is 4.98. The van der Waals surface area contributed by atoms with Gasteiger partial charge in [-0.2, -0.15) is 0 Å². The normalized spacial score (nSPS) is 9.79. The molecule has 0 saturated heterocycles. The van der Waals surface area contributed by atoms with Crippen LogP contribution >= 0.6 is 0 Å². The lowest BCUT2D eigenvalue weighted by Gasteiger charge is -2.05. The topological polar surface area (TPSA) is 26.3 Å². The fraction of sp³-hybridized carbons (Fsp3) is 0.417. The molecule has 1 aromatic carbocycles. The Kier molecular flexibility index (Phi) is 4.76. The van der Waals surface area contributed by atoms with Gasteiger partial charge in [0.25, 0.3) is 0 Å². The molecule has 0 spiro atoms. The lowest BCUT2D eigenvalue weighted by atomic mass is 10.2. The van der Waals surface area contributed by atoms with Crippen molar-refractivity contribution in [2.24, 2.45) is 0 Å². The van der Waals surface area contributed by atoms with Gasteiger partial charge in [0.15, 0.2) is 0 Å². The molecule has 1 aromatic rings. The Morgan fingerprint density at radius 1 is 1.36 bits per heavy atom. The minimum atomic E-state index is 0.540. The smallest absolute Gasteiger partial charge is 0.233 e. The van der Waals surface area contributed by atoms with E-state index in [-0.39, 0.29) is 0 Å². The molecule has 0 aliphatic heterocycles. The second kappa shape index (κ2) is 6.19. The second-order valence-corrected chi connectivity index (χ2v) is 3.19. The fourth-order valence-corrected chi connectivity index (χ4v) is 1.19. The molecule has 2 nitrogen and oxygen atoms in total. The number of rotatable bonds is 6. The van der Waals surface area contributed by atoms with Crippen molar-refractivity contribution >= 4 is 6.29 Å². The van der Waals surface area contributed by atoms with Crippen molar-refractivity contribution in [2.45, 2.75) is 26.2 Å². The van der Waals surface area contributed by atoms with Crippen LogP contribution < -0.4 is 4.74 Å². The summed E-state index contributed by atoms with van der Waals surface area (Å²) in [4.78, 5) is 10.4. The molecule has 0 N–H and O–H groups in total. The summed E-state index contributed by atoms with van der Waals surface area (Å²) in [6.07, 6.45) is 5.27. The predicted octanol–water partition coefficient (Wildman–Crippen LogP) is 2.71. The molecular formula is C12H15O2. The van der Waals surface area contributed by atoms with Crippen molar-refractivity contribution in [2.75, 3.05) is 6.61 Å². The largest absolute Gasteiger partial charge is 0.494 e. The van der Waals surface area contributed by atoms with E-state index in [4.69, 9.17) is 4.74 Å². The average molecular weight is 191 g/mol. The quantitative estimate of drug-likeness (QED) is 0.646. The Hall–Kier alpha value is -1.31. The summed E-state index contributed by atoms with van der Waals surface area (Å²) in [5.41, 5.74) is 0.540. The molecule has 1 radical (unpaired) electrons. The SMILES string of the molecule is CCCCCOc1cccc([C]=O)c1. The molecule has 2 heteroatoms. The summed E-state index contributed by atoms with van der Waals surface area (Å²) in [6, 6.07) is 7.08. The van der Waals surface area contributed by atoms with E-state index >= 15 is 0 Å². The van der Waals surface area contributed by atoms with Crippen molar-refractivity contribution in [3.8, 4) is 5.75 Å². The van der Waals surface area contributed by atoms with Crippen molar-refractivity contribution in [3.05, 3.63) is 29.8 Å². The van der Waals surface area contributed by atoms with E-state index in [1.54, 1.807) is 18.2 Å². The van der Waals surface area contributed by atoms with Gasteiger partial charge in [0.1, 0.15) is 5.75 Å². The molecule has 0 fully saturated rings. The first kappa shape index (κ1) is 10.8. The molecule has 1 rings (SSSR count). The first-order chi connectivity index (χ1) is 6.86. The average Bonchev–Trinajstić information content (AvgIpc) is 2.25. The Balaban J connectivity index is 2.38. The molecule has 14 heavy (non-hydrogen) atoms. The van der Waals surface area contributed by atoms with Crippen LogP contribution in [0.1, 0.15) is 31.7 Å². The maximum absolute atomic E-state index is 10.4. The van der Waals surface area contributed by atoms with Crippen LogP contribution in [0.25, 0.3) is 0 Å². The Labute approximate surface area is 84.9 Å². The van der Waals surface area contributed by atoms with Crippen LogP contribution in [0.4, 0.5) is 0 Å². The summed E-state index contributed by atoms with van der Waals surface area (Å²) in [6.45, 7) is 2.87. The molecular weight excluding hydrogens is 176 g/mol. The van der Waals surface area contributed by atoms with E-state index in [1.165, 1.54) is 12.8 Å². The Morgan fingerprint density at radius 2 is 2.21 bits per heavy atom. The molecule has 0 amide bonds. The zero-order valence-electron chi connectivity index (χ0n) is 8.45. The van der Waals surface area contributed by atoms with E-state index in [0.29, 0.717) is 5.56 Å². The molecule has 75 valence electrons. The monoisotopic (exact) mass is 191 g/mol. The molecule has 0 atom stereocenters. The van der Waals surface area contributed by atoms with Crippen LogP contribution in [0.2, 0.25) is 0 Å². The minimum Gasteiger partial charge on any atom is -0.494 e. The van der Waals surface area contributed by atoms with Gasteiger partial charge in [-0.15, -0.1) is 0 Å². The number of hydrogen-bond acceptors (Lipinski definition) is 2. The lowest BCUT2D eigenvalue weighted by molar-refractivity contribution is 0.306. The minimum absolute atomic E-state index is 0.540. The summed E-state index contributed by atoms with van der Waals surface area (Å²) in [5, 5.41) is 0. The molecule has 0 aromatic heterocycles. The van der Waals surface area contributed by atoms with E-state index in [1.807, 2.05) is 12.4 Å². The van der Waals surface area contributed by atoms with Gasteiger partial charge in [0.2, 0.25) is 6.29 Å². The van der Waals surface area contributed by atoms with E-state index in [2.05, 4.69) is 6.92 Å². The van der Waals surface area contributed by atoms with E-state index < -0.39 is 0 Å². The van der Waals surface area contributed by atoms with Crippen molar-refractivity contribution < 1.29 is 9.53 Å². The van der Waals surface area contributed by atoms with E-state index in [0.717, 1.165) is 18.8 Å². The Morgan fingerprint density at radius 3 is 2.93 bits per heavy atom. The third-order valence-electron chi connectivity index (χ3n) is 1.97. The molecule has 0 heterocycles. The third-order valence-corrected chi connectivity index (χ3v) is 1.97. The summed E-state index contributed by atoms with van der Waals surface area (Å²) in [5.74, 6) is 0.752. The zero-order chi connectivity index (χ0) is 10.2. The summed E-state index contributed by atoms with van der Waals surface area (Å²) < 4.78 is 5.47. The highest BCUT2D eigenvalue weighted by Gasteiger charge is 1.95. The molecule has 0 bridgehead atoms. The fourth-order valence-electron chi connectivity index (χ4n) is 1.19. The molecule has 0 saturated carbocycles. The van der Waals surface area contributed by atoms with Gasteiger partial charge in [-0.3, -0.25) is 4.79 Å². The standard InChI is InChI=1S/C12H15O2/c1-2-3-4-8-14-12-7-5-6-11(9-12)10-13/h5-7,9H,2-4,8H2,1H3. The number of benzene rings is 1. The van der Waals surface area contributed by atoms with Crippen molar-refractivity contribution in [3.63, 3.8) is 0 Å². The summed E-state index contributed by atoms with van der Waals surface area (Å²) >= 11 is 0. The van der Waals surface area contributed by atoms with Gasteiger partial charge in [-0.05, 0) is 18.6 Å². The van der Waals surface area contributed by atoms with Crippen LogP contribution in [-0.2, 0) is 4.79 Å². The van der Waals surface area contributed by atoms with Crippen LogP contribution in [0.15, 0.2) is 24.3 Å². The third kappa shape index (κ3) is 3.60. The molecule has 0 aliphatic rings. The van der Waals surface area contributed by atoms with Gasteiger partial charge in [-0.1, -0.05) is 31.9 Å². The highest BCUT2D eigenvalue weighted by Crippen LogP contribution is 2.12. The van der Waals surface area contributed by atoms with Crippen LogP contribution in [-0.4, -0.2) is 12.9 Å². The van der Waals surface area contributed by atoms with Crippen molar-refractivity contribution in [1.29, 1.82) is 0 Å². The zero-order valence-corrected chi connectivity index (χ0v) is 8.45. The number of ether oxygens (including phenoxy) is 1. The van der Waals surface area contributed by atoms with Crippen LogP contribution in [0.3, 0.4) is 0 Å². The second-order valence-electron chi connectivity index (χ2n) is 3.19. The number of unbranched alkanes of at least 4 members (excludes halogenated alkanes) is 2. The van der Waals surface area contributed by atoms with Crippen LogP contribution in [0.5, 0.6) is 5.75 Å². The Bertz CT molecular complexity index is 281. The van der Waals surface area contributed by atoms with Gasteiger partial charge < -0.3 is 4.74 Å². The van der Waals surface area contributed by atoms with Gasteiger partial charge in [-0.25, -0.2) is 0 Å². The highest BCUT2D eigenvalue weighted by molar-refractivity contribution is 5.75. The highest BCUT2D eigenvalue weighted by atomic mass is 16.5. The molecule has 0 unspecified atom stereocenters. The maximum atomic E-state index is 10.4. The predicted molar refractivity (Wildman–Crippen MR) is 56.3 cm³/mol. The number of hydrogen-bond donors (Lipinski definition) is 0. The lowest BCUT2D eigenvalue weighted by Crippen LogP contribution is -1.97. The van der Waals surface area contributed by atoms with Gasteiger partial charge in [0.05, 0.1) is 6.61 Å². The number of carbonyl (C=O) groups excluding carboxylic acids is 1. The first-order valence-electron chi connectivity index (χ1n) is 4.98. The van der Waals surface area contributed by atoms with Crippen LogP contribution in [0, 0.1) is 0 Å². The van der Waals surface area contributed by atoms with Gasteiger partial charge >= 0.3 is 0 Å². The summed E-state index contributed by atoms with van der Waals surface area (Å²) in [7, 11) is 0. The van der Waals surface area contributed by atoms with Gasteiger partial charge in [0, 0.05) is 5.56 Å². The van der Waals surface area contributed by atoms with E-state index in [9.17, 15) is 4.79 Å². The molecule has 0 aliphatic carbocycles. The van der Waals surface area contributed by atoms with Crippen molar-refractivity contribution in [1.82, 2.24) is 0 Å². The maximum Gasteiger partial charge on any atom is 0.233 e.